The summed E-state index contributed by atoms with van der Waals surface area (Å²) in [4.78, 5) is 37.2. The second-order valence-electron chi connectivity index (χ2n) is 13.7. The number of amides is 2. The number of aromatic amines is 1. The Morgan fingerprint density at radius 3 is 2.31 bits per heavy atom. The number of nitrogens with zero attached hydrogens (tertiary/aromatic N) is 6. The molecule has 12 heteroatoms. The molecule has 2 aromatic carbocycles. The van der Waals surface area contributed by atoms with Crippen LogP contribution in [0.2, 0.25) is 10.0 Å². The second kappa shape index (κ2) is 13.6. The van der Waals surface area contributed by atoms with Gasteiger partial charge in [0, 0.05) is 53.6 Å². The van der Waals surface area contributed by atoms with Crippen LogP contribution in [0.5, 0.6) is 0 Å². The molecule has 0 radical (unpaired) electrons. The molecule has 1 atom stereocenters. The van der Waals surface area contributed by atoms with Crippen LogP contribution in [0.3, 0.4) is 0 Å². The first-order chi connectivity index (χ1) is 21.3. The molecule has 2 aliphatic heterocycles. The molecule has 1 spiro atoms. The first kappa shape index (κ1) is 33.0. The third-order valence-corrected chi connectivity index (χ3v) is 8.88. The Bertz CT molecular complexity index is 1500. The van der Waals surface area contributed by atoms with Crippen molar-refractivity contribution in [2.24, 2.45) is 16.3 Å². The second-order valence-corrected chi connectivity index (χ2v) is 14.6. The summed E-state index contributed by atoms with van der Waals surface area (Å²) in [5.41, 5.74) is 1.85. The smallest absolute Gasteiger partial charge is 0.275 e. The molecule has 2 amide bonds. The van der Waals surface area contributed by atoms with Gasteiger partial charge in [0.2, 0.25) is 0 Å². The lowest BCUT2D eigenvalue weighted by molar-refractivity contribution is -0.134. The van der Waals surface area contributed by atoms with E-state index < -0.39 is 5.66 Å². The maximum Gasteiger partial charge on any atom is 0.275 e. The van der Waals surface area contributed by atoms with Crippen LogP contribution in [0.15, 0.2) is 47.5 Å². The Hall–Kier alpha value is -3.34. The highest BCUT2D eigenvalue weighted by molar-refractivity contribution is 6.47. The Kier molecular flexibility index (Phi) is 9.96. The predicted octanol–water partition coefficient (Wildman–Crippen LogP) is 6.08. The summed E-state index contributed by atoms with van der Waals surface area (Å²) >= 11 is 12.8. The fraction of sp³-hybridized carbons (Fsp3) is 0.515. The van der Waals surface area contributed by atoms with Crippen molar-refractivity contribution in [3.05, 3.63) is 75.0 Å². The van der Waals surface area contributed by atoms with Gasteiger partial charge in [-0.2, -0.15) is 5.21 Å². The van der Waals surface area contributed by atoms with Crippen molar-refractivity contribution in [2.45, 2.75) is 78.6 Å². The van der Waals surface area contributed by atoms with E-state index in [-0.39, 0.29) is 29.8 Å². The zero-order chi connectivity index (χ0) is 32.4. The van der Waals surface area contributed by atoms with Crippen LogP contribution in [-0.2, 0) is 11.3 Å². The summed E-state index contributed by atoms with van der Waals surface area (Å²) < 4.78 is 0. The number of nitrogens with one attached hydrogen (secondary N) is 2. The standard InChI is InChI=1S/C33H42Cl2N8O2/c1-21(2)20-42-14-12-33(13-15-42)37-29(24-16-25(34)18-26(35)17-24)31(45)43(33)27(10-11-32(3,4)5)22-6-8-23(9-7-22)30(44)36-19-28-38-40-41-39-28/h6-9,16-18,21,27H,10-15,19-20H2,1-5H3,(H,36,44)(H,38,39,40,41)/t27-/m1/s1. The van der Waals surface area contributed by atoms with Crippen LogP contribution in [0.25, 0.3) is 0 Å². The highest BCUT2D eigenvalue weighted by atomic mass is 35.5. The van der Waals surface area contributed by atoms with Crippen molar-refractivity contribution >= 4 is 40.7 Å². The predicted molar refractivity (Wildman–Crippen MR) is 176 cm³/mol. The summed E-state index contributed by atoms with van der Waals surface area (Å²) in [7, 11) is 0. The molecular weight excluding hydrogens is 611 g/mol. The number of hydrogen-bond donors (Lipinski definition) is 2. The van der Waals surface area contributed by atoms with E-state index in [0.29, 0.717) is 38.6 Å². The molecule has 0 unspecified atom stereocenters. The van der Waals surface area contributed by atoms with Crippen LogP contribution in [-0.4, -0.2) is 73.2 Å². The maximum absolute atomic E-state index is 14.6. The number of rotatable bonds is 10. The molecule has 1 fully saturated rings. The molecule has 0 bridgehead atoms. The van der Waals surface area contributed by atoms with Crippen LogP contribution in [0, 0.1) is 11.3 Å². The van der Waals surface area contributed by atoms with Crippen LogP contribution >= 0.6 is 23.2 Å². The zero-order valence-corrected chi connectivity index (χ0v) is 28.1. The number of H-pyrrole nitrogens is 1. The summed E-state index contributed by atoms with van der Waals surface area (Å²) in [6.45, 7) is 14.0. The molecule has 5 rings (SSSR count). The largest absolute Gasteiger partial charge is 0.345 e. The number of tetrazole rings is 1. The Balaban J connectivity index is 1.49. The summed E-state index contributed by atoms with van der Waals surface area (Å²) in [5, 5.41) is 17.4. The summed E-state index contributed by atoms with van der Waals surface area (Å²) in [6, 6.07) is 12.5. The molecular formula is C33H42Cl2N8O2. The molecule has 3 heterocycles. The molecule has 2 aliphatic rings. The number of hydrogen-bond acceptors (Lipinski definition) is 7. The van der Waals surface area contributed by atoms with Crippen molar-refractivity contribution in [3.63, 3.8) is 0 Å². The van der Waals surface area contributed by atoms with Gasteiger partial charge >= 0.3 is 0 Å². The third kappa shape index (κ3) is 7.91. The topological polar surface area (TPSA) is 119 Å². The van der Waals surface area contributed by atoms with Crippen molar-refractivity contribution in [3.8, 4) is 0 Å². The minimum atomic E-state index is -0.697. The minimum absolute atomic E-state index is 0.0496. The highest BCUT2D eigenvalue weighted by Crippen LogP contribution is 2.45. The monoisotopic (exact) mass is 652 g/mol. The SMILES string of the molecule is CC(C)CN1CCC2(CC1)N=C(c1cc(Cl)cc(Cl)c1)C(=O)N2[C@H](CCC(C)(C)C)c1ccc(C(=O)NCc2nn[nH]n2)cc1. The molecule has 1 aromatic heterocycles. The van der Waals surface area contributed by atoms with Gasteiger partial charge in [0.15, 0.2) is 5.82 Å². The lowest BCUT2D eigenvalue weighted by Gasteiger charge is -2.47. The third-order valence-electron chi connectivity index (χ3n) is 8.44. The zero-order valence-electron chi connectivity index (χ0n) is 26.6. The number of likely N-dealkylation sites (tertiary alicyclic amines) is 1. The Labute approximate surface area is 275 Å². The van der Waals surface area contributed by atoms with Crippen molar-refractivity contribution in [1.29, 1.82) is 0 Å². The molecule has 240 valence electrons. The average molecular weight is 654 g/mol. The molecule has 2 N–H and O–H groups in total. The molecule has 0 aliphatic carbocycles. The van der Waals surface area contributed by atoms with Crippen LogP contribution < -0.4 is 5.32 Å². The van der Waals surface area contributed by atoms with E-state index in [1.165, 1.54) is 0 Å². The van der Waals surface area contributed by atoms with Gasteiger partial charge in [-0.3, -0.25) is 14.6 Å². The molecule has 1 saturated heterocycles. The van der Waals surface area contributed by atoms with Gasteiger partial charge in [-0.15, -0.1) is 10.2 Å². The fourth-order valence-electron chi connectivity index (χ4n) is 6.28. The van der Waals surface area contributed by atoms with E-state index in [1.54, 1.807) is 18.2 Å². The summed E-state index contributed by atoms with van der Waals surface area (Å²) in [5.74, 6) is 0.588. The minimum Gasteiger partial charge on any atom is -0.345 e. The van der Waals surface area contributed by atoms with Crippen molar-refractivity contribution in [2.75, 3.05) is 19.6 Å². The van der Waals surface area contributed by atoms with Crippen LogP contribution in [0.4, 0.5) is 0 Å². The first-order valence-corrected chi connectivity index (χ1v) is 16.3. The van der Waals surface area contributed by atoms with Gasteiger partial charge in [-0.25, -0.2) is 0 Å². The van der Waals surface area contributed by atoms with Gasteiger partial charge < -0.3 is 15.1 Å². The number of halogens is 2. The number of carbonyl (C=O) groups excluding carboxylic acids is 2. The van der Waals surface area contributed by atoms with Gasteiger partial charge in [0.1, 0.15) is 11.4 Å². The molecule has 0 saturated carbocycles. The van der Waals surface area contributed by atoms with Gasteiger partial charge in [-0.1, -0.05) is 75.2 Å². The van der Waals surface area contributed by atoms with E-state index in [1.807, 2.05) is 29.2 Å². The highest BCUT2D eigenvalue weighted by Gasteiger charge is 2.51. The van der Waals surface area contributed by atoms with Crippen molar-refractivity contribution < 1.29 is 9.59 Å². The maximum atomic E-state index is 14.6. The lowest BCUT2D eigenvalue weighted by Crippen LogP contribution is -2.55. The summed E-state index contributed by atoms with van der Waals surface area (Å²) in [6.07, 6.45) is 3.09. The van der Waals surface area contributed by atoms with E-state index in [2.05, 4.69) is 65.5 Å². The van der Waals surface area contributed by atoms with E-state index in [4.69, 9.17) is 28.2 Å². The fourth-order valence-corrected chi connectivity index (χ4v) is 6.80. The average Bonchev–Trinajstić information content (AvgIpc) is 3.59. The number of benzene rings is 2. The molecule has 10 nitrogen and oxygen atoms in total. The Morgan fingerprint density at radius 1 is 1.07 bits per heavy atom. The van der Waals surface area contributed by atoms with E-state index in [9.17, 15) is 9.59 Å². The van der Waals surface area contributed by atoms with Crippen molar-refractivity contribution in [1.82, 2.24) is 35.7 Å². The van der Waals surface area contributed by atoms with Gasteiger partial charge in [-0.05, 0) is 60.1 Å². The normalized spacial score (nSPS) is 17.6. The molecule has 3 aromatic rings. The molecule has 45 heavy (non-hydrogen) atoms. The first-order valence-electron chi connectivity index (χ1n) is 15.6. The van der Waals surface area contributed by atoms with Gasteiger partial charge in [0.05, 0.1) is 12.6 Å². The number of carbonyl (C=O) groups is 2. The number of aromatic nitrogens is 4. The lowest BCUT2D eigenvalue weighted by atomic mass is 9.84. The van der Waals surface area contributed by atoms with Gasteiger partial charge in [0.25, 0.3) is 11.8 Å². The van der Waals surface area contributed by atoms with E-state index in [0.717, 1.165) is 50.9 Å². The quantitative estimate of drug-likeness (QED) is 0.274. The number of aliphatic imine (C=N–C) groups is 1. The van der Waals surface area contributed by atoms with Crippen LogP contribution in [0.1, 0.15) is 93.7 Å². The Morgan fingerprint density at radius 2 is 1.73 bits per heavy atom. The number of piperidine rings is 1. The van der Waals surface area contributed by atoms with E-state index >= 15 is 0 Å².